The van der Waals surface area contributed by atoms with Gasteiger partial charge in [-0.1, -0.05) is 89.2 Å². The maximum Gasteiger partial charge on any atom is 0.338 e. The molecule has 36 heteroatoms. The van der Waals surface area contributed by atoms with Crippen molar-refractivity contribution in [1.82, 2.24) is 45.6 Å². The Morgan fingerprint density at radius 2 is 1.01 bits per heavy atom. The van der Waals surface area contributed by atoms with Crippen molar-refractivity contribution >= 4 is 145 Å². The number of nitrogens with zero attached hydrogens (tertiary/aromatic N) is 9. The number of rotatable bonds is 24. The number of nitrogens with one attached hydrogen (secondary N) is 3. The molecule has 0 aliphatic carbocycles. The van der Waals surface area contributed by atoms with Gasteiger partial charge in [-0.15, -0.1) is 34.0 Å². The third kappa shape index (κ3) is 20.9. The highest BCUT2D eigenvalue weighted by molar-refractivity contribution is 7.12. The van der Waals surface area contributed by atoms with E-state index in [-0.39, 0.29) is 35.3 Å². The molecule has 0 spiro atoms. The lowest BCUT2D eigenvalue weighted by molar-refractivity contribution is -0.150. The number of aromatic nitrogens is 3. The van der Waals surface area contributed by atoms with Gasteiger partial charge < -0.3 is 59.7 Å². The van der Waals surface area contributed by atoms with Gasteiger partial charge in [0.1, 0.15) is 23.9 Å². The summed E-state index contributed by atoms with van der Waals surface area (Å²) < 4.78 is 47.1. The minimum atomic E-state index is -0.948. The van der Waals surface area contributed by atoms with Crippen LogP contribution in [-0.4, -0.2) is 217 Å². The van der Waals surface area contributed by atoms with Crippen LogP contribution in [0.5, 0.6) is 0 Å². The van der Waals surface area contributed by atoms with Crippen molar-refractivity contribution in [2.75, 3.05) is 100 Å². The summed E-state index contributed by atoms with van der Waals surface area (Å²) in [6.07, 6.45) is 5.86. The molecule has 588 valence electrons. The highest BCUT2D eigenvalue weighted by Crippen LogP contribution is 2.42. The first-order valence-corrected chi connectivity index (χ1v) is 39.2. The van der Waals surface area contributed by atoms with E-state index >= 15 is 0 Å². The average Bonchev–Trinajstić information content (AvgIpc) is 1.15. The van der Waals surface area contributed by atoms with Crippen LogP contribution in [0.25, 0.3) is 0 Å². The van der Waals surface area contributed by atoms with Gasteiger partial charge in [0.2, 0.25) is 0 Å². The molecule has 3 saturated heterocycles. The number of aliphatic imine (C=N–C) groups is 3. The van der Waals surface area contributed by atoms with Crippen molar-refractivity contribution in [3.05, 3.63) is 186 Å². The topological polar surface area (TPSA) is 340 Å². The lowest BCUT2D eigenvalue weighted by Gasteiger charge is -2.40. The lowest BCUT2D eigenvalue weighted by Crippen LogP contribution is -2.51. The smallest absolute Gasteiger partial charge is 0.338 e. The molecule has 6 aliphatic heterocycles. The van der Waals surface area contributed by atoms with Gasteiger partial charge in [-0.05, 0) is 77.3 Å². The lowest BCUT2D eigenvalue weighted by atomic mass is 9.85. The molecule has 3 fully saturated rings. The third-order valence-electron chi connectivity index (χ3n) is 19.0. The van der Waals surface area contributed by atoms with Crippen LogP contribution in [0.2, 0.25) is 25.1 Å². The normalized spacial score (nSPS) is 21.1. The number of amidine groups is 3. The van der Waals surface area contributed by atoms with Gasteiger partial charge in [0.05, 0.1) is 99.0 Å². The second-order valence-electron chi connectivity index (χ2n) is 27.5. The van der Waals surface area contributed by atoms with Gasteiger partial charge >= 0.3 is 35.8 Å². The van der Waals surface area contributed by atoms with Crippen LogP contribution in [-0.2, 0) is 57.2 Å². The van der Waals surface area contributed by atoms with E-state index < -0.39 is 76.5 Å². The number of carboxylic acids is 3. The van der Waals surface area contributed by atoms with Crippen molar-refractivity contribution in [3.8, 4) is 0 Å². The van der Waals surface area contributed by atoms with Gasteiger partial charge in [-0.25, -0.2) is 33.7 Å². The molecule has 0 saturated carbocycles. The highest BCUT2D eigenvalue weighted by Gasteiger charge is 2.42. The largest absolute Gasteiger partial charge is 0.481 e. The minimum absolute atomic E-state index is 0.132. The number of benzene rings is 3. The molecule has 3 unspecified atom stereocenters. The van der Waals surface area contributed by atoms with E-state index in [1.807, 2.05) is 10.8 Å². The maximum atomic E-state index is 14.4. The number of carboxylic acid groups (broad SMARTS) is 3. The Kier molecular flexibility index (Phi) is 29.3. The summed E-state index contributed by atoms with van der Waals surface area (Å²) >= 11 is 35.9. The number of hydrogen-bond donors (Lipinski definition) is 6. The maximum absolute atomic E-state index is 14.4. The van der Waals surface area contributed by atoms with E-state index in [4.69, 9.17) is 101 Å². The zero-order valence-electron chi connectivity index (χ0n) is 61.1. The van der Waals surface area contributed by atoms with E-state index in [0.29, 0.717) is 189 Å². The number of carbonyl (C=O) groups excluding carboxylic acids is 3. The molecule has 3 aromatic carbocycles. The predicted molar refractivity (Wildman–Crippen MR) is 417 cm³/mol. The fourth-order valence-electron chi connectivity index (χ4n) is 13.1. The Hall–Kier alpha value is -7.86. The summed E-state index contributed by atoms with van der Waals surface area (Å²) in [5.74, 6) is -4.09. The average molecular weight is 1670 g/mol. The molecule has 0 amide bonds. The zero-order chi connectivity index (χ0) is 79.3. The number of thiazole rings is 3. The van der Waals surface area contributed by atoms with Crippen molar-refractivity contribution in [2.24, 2.45) is 31.7 Å². The second-order valence-corrected chi connectivity index (χ2v) is 32.3. The molecule has 27 nitrogen and oxygen atoms in total. The summed E-state index contributed by atoms with van der Waals surface area (Å²) in [6, 6.07) is 11.7. The van der Waals surface area contributed by atoms with Crippen LogP contribution < -0.4 is 16.0 Å². The van der Waals surface area contributed by atoms with Crippen molar-refractivity contribution in [1.29, 1.82) is 0 Å². The Labute approximate surface area is 671 Å². The van der Waals surface area contributed by atoms with E-state index in [9.17, 15) is 48.5 Å². The van der Waals surface area contributed by atoms with Gasteiger partial charge in [-0.2, -0.15) is 0 Å². The molecule has 6 N–H and O–H groups in total. The molecule has 110 heavy (non-hydrogen) atoms. The zero-order valence-corrected chi connectivity index (χ0v) is 67.3. The number of halogens is 6. The summed E-state index contributed by atoms with van der Waals surface area (Å²) in [7, 11) is 3.91. The SMILES string of the molecule is COC(=O)C1=C(CN2CCOC(CC(C)(C)C(=O)O)C2)NC(c2nccs2)=N[C@H]1c1ccc(Cl)cc1Cl.COC(=O)C1=C(CN2CCOCC2CC(C)(C)C(=O)O)NC(c2nccs2)=N[C@H]1c1ccc(Cl)cc1Cl.COC(=O)C1=C(CN2CCOC[C@H]2CC(C)C(=O)O)NC(c2nccs2)=N[C@H]1c1cccc(F)c1Cl. The number of morpholine rings is 3. The number of hydrogen-bond acceptors (Lipinski definition) is 27. The van der Waals surface area contributed by atoms with Crippen molar-refractivity contribution < 1.29 is 76.9 Å². The van der Waals surface area contributed by atoms with Gasteiger partial charge in [0.15, 0.2) is 32.5 Å². The monoisotopic (exact) mass is 1670 g/mol. The molecular weight excluding hydrogens is 1590 g/mol. The third-order valence-corrected chi connectivity index (χ3v) is 22.9. The quantitative estimate of drug-likeness (QED) is 0.0242. The minimum Gasteiger partial charge on any atom is -0.481 e. The molecule has 3 aromatic heterocycles. The number of methoxy groups -OCH3 is 3. The van der Waals surface area contributed by atoms with Crippen molar-refractivity contribution in [3.63, 3.8) is 0 Å². The molecule has 0 radical (unpaired) electrons. The first-order chi connectivity index (χ1) is 52.5. The van der Waals surface area contributed by atoms with Gasteiger partial charge in [0, 0.05) is 146 Å². The highest BCUT2D eigenvalue weighted by atomic mass is 35.5. The van der Waals surface area contributed by atoms with Crippen LogP contribution >= 0.6 is 92.0 Å². The molecule has 6 aliphatic rings. The van der Waals surface area contributed by atoms with Crippen LogP contribution in [0.15, 0.2) is 138 Å². The van der Waals surface area contributed by atoms with Crippen molar-refractivity contribution in [2.45, 2.75) is 90.2 Å². The van der Waals surface area contributed by atoms with Crippen LogP contribution in [0, 0.1) is 22.6 Å². The summed E-state index contributed by atoms with van der Waals surface area (Å²) in [5.41, 5.74) is 2.21. The summed E-state index contributed by atoms with van der Waals surface area (Å²) in [4.78, 5) is 108. The number of carbonyl (C=O) groups is 6. The first kappa shape index (κ1) is 84.6. The number of esters is 3. The van der Waals surface area contributed by atoms with Crippen LogP contribution in [0.3, 0.4) is 0 Å². The van der Waals surface area contributed by atoms with Gasteiger partial charge in [0.25, 0.3) is 0 Å². The van der Waals surface area contributed by atoms with Crippen LogP contribution in [0.4, 0.5) is 4.39 Å². The van der Waals surface area contributed by atoms with Gasteiger partial charge in [-0.3, -0.25) is 44.1 Å². The molecule has 12 rings (SSSR count). The molecular formula is C74H82Cl5FN12O15S3. The summed E-state index contributed by atoms with van der Waals surface area (Å²) in [6.45, 7) is 13.8. The molecule has 6 aromatic rings. The standard InChI is InChI=1S/2C25H28Cl2N4O5S.C24H26ClFN4O5S/c1-25(2,24(33)34)11-15-13-36-8-7-31(15)12-18-19(23(32)35-3)20(16-5-4-14(26)10-17(16)27)30-21(29-18)22-28-6-9-37-22;1-25(2,24(33)34)11-15-12-31(7-8-36-15)13-18-19(23(32)35-3)20(16-5-4-14(26)10-17(16)27)30-21(29-18)22-28-6-9-37-22;1-13(23(31)32)10-14-12-35-8-7-30(14)11-17-18(24(33)34-2)20(15-4-3-5-16(26)19(15)25)29-21(28-17)22-27-6-9-36-22/h2*4-6,9-10,15,20H,7-8,11-13H2,1-3H3,(H,29,30)(H,33,34);3-6,9,13-14,20H,7-8,10-12H2,1-2H3,(H,28,29)(H,31,32)/t2*15?,20-;13?,14-,20+/m001/s1. The fourth-order valence-corrected chi connectivity index (χ4v) is 16.1. The predicted octanol–water partition coefficient (Wildman–Crippen LogP) is 11.6. The van der Waals surface area contributed by atoms with E-state index in [2.05, 4.69) is 45.6 Å². The van der Waals surface area contributed by atoms with E-state index in [1.165, 1.54) is 67.5 Å². The number of ether oxygens (including phenoxy) is 6. The van der Waals surface area contributed by atoms with E-state index in [0.717, 1.165) is 0 Å². The number of aliphatic carboxylic acids is 3. The molecule has 7 atom stereocenters. The Bertz CT molecular complexity index is 4550. The first-order valence-electron chi connectivity index (χ1n) is 34.7. The van der Waals surface area contributed by atoms with E-state index in [1.54, 1.807) is 101 Å². The second kappa shape index (κ2) is 38.1. The molecule has 0 bridgehead atoms. The Balaban J connectivity index is 0.000000176. The van der Waals surface area contributed by atoms with Crippen LogP contribution in [0.1, 0.15) is 104 Å². The summed E-state index contributed by atoms with van der Waals surface area (Å²) in [5, 5.41) is 47.5. The Morgan fingerprint density at radius 1 is 0.582 bits per heavy atom. The molecule has 9 heterocycles. The Morgan fingerprint density at radius 3 is 1.43 bits per heavy atom. The fraction of sp³-hybridized carbons (Fsp3) is 0.432.